The van der Waals surface area contributed by atoms with Crippen molar-refractivity contribution in [1.29, 1.82) is 0 Å². The van der Waals surface area contributed by atoms with Crippen molar-refractivity contribution in [3.05, 3.63) is 89.5 Å². The molecular weight excluding hydrogens is 414 g/mol. The van der Waals surface area contributed by atoms with Gasteiger partial charge in [0.1, 0.15) is 5.75 Å². The first-order valence-electron chi connectivity index (χ1n) is 11.3. The van der Waals surface area contributed by atoms with Crippen LogP contribution < -0.4 is 15.0 Å². The molecular formula is C27H29N3O3. The highest BCUT2D eigenvalue weighted by Gasteiger charge is 2.22. The molecule has 0 bridgehead atoms. The van der Waals surface area contributed by atoms with Crippen molar-refractivity contribution in [3.63, 3.8) is 0 Å². The van der Waals surface area contributed by atoms with Crippen molar-refractivity contribution in [2.45, 2.75) is 13.3 Å². The second kappa shape index (κ2) is 10.2. The number of rotatable bonds is 6. The lowest BCUT2D eigenvalue weighted by atomic mass is 10.1. The van der Waals surface area contributed by atoms with Gasteiger partial charge in [0.2, 0.25) is 0 Å². The number of carbonyl (C=O) groups is 2. The van der Waals surface area contributed by atoms with Crippen LogP contribution in [0.1, 0.15) is 33.2 Å². The van der Waals surface area contributed by atoms with Gasteiger partial charge in [-0.2, -0.15) is 0 Å². The van der Waals surface area contributed by atoms with Gasteiger partial charge in [0, 0.05) is 48.7 Å². The van der Waals surface area contributed by atoms with Crippen molar-refractivity contribution in [3.8, 4) is 5.75 Å². The highest BCUT2D eigenvalue weighted by atomic mass is 16.5. The largest absolute Gasteiger partial charge is 0.497 e. The maximum atomic E-state index is 12.8. The average Bonchev–Trinajstić information content (AvgIpc) is 2.89. The minimum Gasteiger partial charge on any atom is -0.497 e. The van der Waals surface area contributed by atoms with Crippen LogP contribution in [0.3, 0.4) is 0 Å². The molecule has 4 rings (SSSR count). The molecule has 2 amide bonds. The number of hydrogen-bond acceptors (Lipinski definition) is 4. The van der Waals surface area contributed by atoms with Gasteiger partial charge in [-0.25, -0.2) is 0 Å². The Morgan fingerprint density at radius 2 is 1.42 bits per heavy atom. The van der Waals surface area contributed by atoms with Crippen LogP contribution in [0, 0.1) is 0 Å². The van der Waals surface area contributed by atoms with E-state index >= 15 is 0 Å². The van der Waals surface area contributed by atoms with Gasteiger partial charge in [-0.05, 0) is 72.6 Å². The first kappa shape index (κ1) is 22.4. The summed E-state index contributed by atoms with van der Waals surface area (Å²) >= 11 is 0. The van der Waals surface area contributed by atoms with Crippen molar-refractivity contribution >= 4 is 23.2 Å². The number of anilines is 2. The third-order valence-corrected chi connectivity index (χ3v) is 6.02. The standard InChI is InChI=1S/C27H29N3O3/c1-3-20-4-6-22(7-5-20)27(32)30-18-16-29(17-19-30)24-12-10-23(11-13-24)28-26(31)21-8-14-25(33-2)15-9-21/h4-15H,3,16-19H2,1-2H3,(H,28,31). The lowest BCUT2D eigenvalue weighted by Crippen LogP contribution is -2.48. The fraction of sp³-hybridized carbons (Fsp3) is 0.259. The Morgan fingerprint density at radius 1 is 0.818 bits per heavy atom. The number of amides is 2. The van der Waals surface area contributed by atoms with Crippen molar-refractivity contribution in [2.75, 3.05) is 43.5 Å². The van der Waals surface area contributed by atoms with Crippen LogP contribution in [0.2, 0.25) is 0 Å². The lowest BCUT2D eigenvalue weighted by Gasteiger charge is -2.36. The molecule has 1 fully saturated rings. The average molecular weight is 444 g/mol. The van der Waals surface area contributed by atoms with Crippen LogP contribution in [-0.4, -0.2) is 50.0 Å². The quantitative estimate of drug-likeness (QED) is 0.611. The Hall–Kier alpha value is -3.80. The van der Waals surface area contributed by atoms with Gasteiger partial charge in [0.25, 0.3) is 11.8 Å². The van der Waals surface area contributed by atoms with Crippen LogP contribution in [0.5, 0.6) is 5.75 Å². The van der Waals surface area contributed by atoms with Gasteiger partial charge in [-0.1, -0.05) is 19.1 Å². The van der Waals surface area contributed by atoms with Gasteiger partial charge >= 0.3 is 0 Å². The molecule has 1 aliphatic heterocycles. The summed E-state index contributed by atoms with van der Waals surface area (Å²) in [6, 6.07) is 22.7. The SMILES string of the molecule is CCc1ccc(C(=O)N2CCN(c3ccc(NC(=O)c4ccc(OC)cc4)cc3)CC2)cc1. The van der Waals surface area contributed by atoms with E-state index in [4.69, 9.17) is 4.74 Å². The third kappa shape index (κ3) is 5.34. The summed E-state index contributed by atoms with van der Waals surface area (Å²) in [5.74, 6) is 0.644. The number of hydrogen-bond donors (Lipinski definition) is 1. The summed E-state index contributed by atoms with van der Waals surface area (Å²) in [4.78, 5) is 29.4. The Labute approximate surface area is 194 Å². The van der Waals surface area contributed by atoms with Gasteiger partial charge in [-0.3, -0.25) is 9.59 Å². The van der Waals surface area contributed by atoms with Gasteiger partial charge in [0.05, 0.1) is 7.11 Å². The number of piperazine rings is 1. The predicted molar refractivity (Wildman–Crippen MR) is 131 cm³/mol. The molecule has 0 atom stereocenters. The van der Waals surface area contributed by atoms with E-state index in [-0.39, 0.29) is 11.8 Å². The first-order valence-corrected chi connectivity index (χ1v) is 11.3. The fourth-order valence-electron chi connectivity index (χ4n) is 3.93. The number of methoxy groups -OCH3 is 1. The zero-order valence-electron chi connectivity index (χ0n) is 19.1. The van der Waals surface area contributed by atoms with Crippen molar-refractivity contribution in [1.82, 2.24) is 4.90 Å². The molecule has 1 aliphatic rings. The molecule has 0 radical (unpaired) electrons. The molecule has 6 nitrogen and oxygen atoms in total. The minimum atomic E-state index is -0.163. The van der Waals surface area contributed by atoms with Crippen LogP contribution >= 0.6 is 0 Å². The summed E-state index contributed by atoms with van der Waals surface area (Å²) < 4.78 is 5.13. The molecule has 0 aromatic heterocycles. The van der Waals surface area contributed by atoms with Gasteiger partial charge in [-0.15, -0.1) is 0 Å². The second-order valence-corrected chi connectivity index (χ2v) is 8.06. The smallest absolute Gasteiger partial charge is 0.255 e. The molecule has 3 aromatic rings. The third-order valence-electron chi connectivity index (χ3n) is 6.02. The minimum absolute atomic E-state index is 0.0916. The van der Waals surface area contributed by atoms with E-state index in [1.807, 2.05) is 53.4 Å². The van der Waals surface area contributed by atoms with Crippen LogP contribution in [-0.2, 0) is 6.42 Å². The number of nitrogens with zero attached hydrogens (tertiary/aromatic N) is 2. The number of nitrogens with one attached hydrogen (secondary N) is 1. The van der Waals surface area contributed by atoms with E-state index in [1.54, 1.807) is 31.4 Å². The monoisotopic (exact) mass is 443 g/mol. The van der Waals surface area contributed by atoms with Crippen LogP contribution in [0.4, 0.5) is 11.4 Å². The normalized spacial score (nSPS) is 13.5. The maximum Gasteiger partial charge on any atom is 0.255 e. The van der Waals surface area contributed by atoms with E-state index in [1.165, 1.54) is 5.56 Å². The number of carbonyl (C=O) groups excluding carboxylic acids is 2. The van der Waals surface area contributed by atoms with E-state index in [0.717, 1.165) is 36.4 Å². The predicted octanol–water partition coefficient (Wildman–Crippen LogP) is 4.47. The first-order chi connectivity index (χ1) is 16.1. The van der Waals surface area contributed by atoms with Crippen molar-refractivity contribution < 1.29 is 14.3 Å². The Balaban J connectivity index is 1.31. The van der Waals surface area contributed by atoms with Crippen molar-refractivity contribution in [2.24, 2.45) is 0 Å². The highest BCUT2D eigenvalue weighted by Crippen LogP contribution is 2.21. The molecule has 0 spiro atoms. The van der Waals surface area contributed by atoms with E-state index < -0.39 is 0 Å². The van der Waals surface area contributed by atoms with Gasteiger partial charge in [0.15, 0.2) is 0 Å². The molecule has 1 saturated heterocycles. The number of aryl methyl sites for hydroxylation is 1. The van der Waals surface area contributed by atoms with Crippen LogP contribution in [0.15, 0.2) is 72.8 Å². The van der Waals surface area contributed by atoms with Crippen LogP contribution in [0.25, 0.3) is 0 Å². The fourth-order valence-corrected chi connectivity index (χ4v) is 3.93. The maximum absolute atomic E-state index is 12.8. The zero-order chi connectivity index (χ0) is 23.2. The summed E-state index contributed by atoms with van der Waals surface area (Å²) in [6.45, 7) is 5.03. The number of benzene rings is 3. The zero-order valence-corrected chi connectivity index (χ0v) is 19.1. The van der Waals surface area contributed by atoms with E-state index in [0.29, 0.717) is 24.4 Å². The summed E-state index contributed by atoms with van der Waals surface area (Å²) in [6.07, 6.45) is 0.969. The lowest BCUT2D eigenvalue weighted by molar-refractivity contribution is 0.0746. The summed E-state index contributed by atoms with van der Waals surface area (Å²) in [5.41, 5.74) is 4.38. The van der Waals surface area contributed by atoms with Gasteiger partial charge < -0.3 is 19.9 Å². The second-order valence-electron chi connectivity index (χ2n) is 8.06. The number of ether oxygens (including phenoxy) is 1. The topological polar surface area (TPSA) is 61.9 Å². The Kier molecular flexibility index (Phi) is 6.93. The molecule has 33 heavy (non-hydrogen) atoms. The molecule has 0 aliphatic carbocycles. The molecule has 3 aromatic carbocycles. The summed E-state index contributed by atoms with van der Waals surface area (Å²) in [7, 11) is 1.60. The molecule has 1 heterocycles. The highest BCUT2D eigenvalue weighted by molar-refractivity contribution is 6.04. The van der Waals surface area contributed by atoms with E-state index in [9.17, 15) is 9.59 Å². The molecule has 6 heteroatoms. The molecule has 0 saturated carbocycles. The molecule has 1 N–H and O–H groups in total. The molecule has 0 unspecified atom stereocenters. The Morgan fingerprint density at radius 3 is 2.00 bits per heavy atom. The Bertz CT molecular complexity index is 1080. The molecule has 170 valence electrons. The van der Waals surface area contributed by atoms with E-state index in [2.05, 4.69) is 17.1 Å². The summed E-state index contributed by atoms with van der Waals surface area (Å²) in [5, 5.41) is 2.92.